The Morgan fingerprint density at radius 1 is 1.29 bits per heavy atom. The fourth-order valence-electron chi connectivity index (χ4n) is 2.98. The summed E-state index contributed by atoms with van der Waals surface area (Å²) in [7, 11) is 0. The Balaban J connectivity index is 1.55. The Hall–Kier alpha value is -2.54. The van der Waals surface area contributed by atoms with Crippen LogP contribution in [0.1, 0.15) is 40.2 Å². The molecule has 2 aromatic rings. The molecule has 0 radical (unpaired) electrons. The standard InChI is InChI=1S/C17H18N2O5/c1-10-13(16(17(20)21)18-24-10)8-19(12-3-4-12)7-11-2-5-14-15(6-11)23-9-22-14/h2,5-6,12H,3-4,7-9H2,1H3,(H,20,21). The van der Waals surface area contributed by atoms with E-state index < -0.39 is 5.97 Å². The number of fused-ring (bicyclic) bond motifs is 1. The van der Waals surface area contributed by atoms with Crippen LogP contribution in [-0.2, 0) is 13.1 Å². The molecule has 7 heteroatoms. The van der Waals surface area contributed by atoms with Gasteiger partial charge in [-0.05, 0) is 37.5 Å². The van der Waals surface area contributed by atoms with Gasteiger partial charge in [0.05, 0.1) is 0 Å². The predicted molar refractivity (Wildman–Crippen MR) is 83.0 cm³/mol. The summed E-state index contributed by atoms with van der Waals surface area (Å²) in [5, 5.41) is 12.9. The molecule has 0 saturated heterocycles. The largest absolute Gasteiger partial charge is 0.476 e. The van der Waals surface area contributed by atoms with Gasteiger partial charge in [-0.15, -0.1) is 0 Å². The van der Waals surface area contributed by atoms with E-state index in [1.54, 1.807) is 6.92 Å². The van der Waals surface area contributed by atoms with Crippen LogP contribution in [0.25, 0.3) is 0 Å². The predicted octanol–water partition coefficient (Wildman–Crippen LogP) is 2.57. The van der Waals surface area contributed by atoms with Gasteiger partial charge in [0.15, 0.2) is 17.2 Å². The third-order valence-corrected chi connectivity index (χ3v) is 4.43. The lowest BCUT2D eigenvalue weighted by Gasteiger charge is -2.22. The second kappa shape index (κ2) is 5.83. The molecular formula is C17H18N2O5. The molecule has 7 nitrogen and oxygen atoms in total. The van der Waals surface area contributed by atoms with Gasteiger partial charge in [-0.1, -0.05) is 11.2 Å². The first kappa shape index (κ1) is 15.0. The number of hydrogen-bond acceptors (Lipinski definition) is 6. The minimum Gasteiger partial charge on any atom is -0.476 e. The van der Waals surface area contributed by atoms with Crippen molar-refractivity contribution in [2.75, 3.05) is 6.79 Å². The average Bonchev–Trinajstić information content (AvgIpc) is 3.19. The maximum atomic E-state index is 11.3. The molecule has 0 spiro atoms. The summed E-state index contributed by atoms with van der Waals surface area (Å²) in [6.07, 6.45) is 2.24. The highest BCUT2D eigenvalue weighted by Crippen LogP contribution is 2.35. The molecule has 126 valence electrons. The van der Waals surface area contributed by atoms with Gasteiger partial charge in [0.25, 0.3) is 0 Å². The van der Waals surface area contributed by atoms with Crippen LogP contribution in [0.4, 0.5) is 0 Å². The monoisotopic (exact) mass is 330 g/mol. The molecule has 1 aliphatic heterocycles. The van der Waals surface area contributed by atoms with Gasteiger partial charge < -0.3 is 19.1 Å². The zero-order valence-electron chi connectivity index (χ0n) is 13.3. The maximum absolute atomic E-state index is 11.3. The quantitative estimate of drug-likeness (QED) is 0.871. The number of carboxylic acids is 1. The van der Waals surface area contributed by atoms with Gasteiger partial charge in [-0.25, -0.2) is 4.79 Å². The SMILES string of the molecule is Cc1onc(C(=O)O)c1CN(Cc1ccc2c(c1)OCO2)C1CC1. The Morgan fingerprint density at radius 2 is 2.08 bits per heavy atom. The highest BCUT2D eigenvalue weighted by molar-refractivity contribution is 5.87. The van der Waals surface area contributed by atoms with Gasteiger partial charge in [-0.2, -0.15) is 0 Å². The number of rotatable bonds is 6. The van der Waals surface area contributed by atoms with E-state index in [0.29, 0.717) is 30.5 Å². The number of aromatic carboxylic acids is 1. The fraction of sp³-hybridized carbons (Fsp3) is 0.412. The summed E-state index contributed by atoms with van der Waals surface area (Å²) in [5.41, 5.74) is 1.76. The molecule has 2 heterocycles. The van der Waals surface area contributed by atoms with Gasteiger partial charge in [0, 0.05) is 24.7 Å². The Labute approximate surface area is 138 Å². The summed E-state index contributed by atoms with van der Waals surface area (Å²) in [6, 6.07) is 6.37. The number of aryl methyl sites for hydroxylation is 1. The van der Waals surface area contributed by atoms with Crippen LogP contribution in [0.15, 0.2) is 22.7 Å². The molecule has 1 aromatic heterocycles. The lowest BCUT2D eigenvalue weighted by atomic mass is 10.1. The first-order valence-corrected chi connectivity index (χ1v) is 7.93. The lowest BCUT2D eigenvalue weighted by molar-refractivity contribution is 0.0683. The van der Waals surface area contributed by atoms with E-state index >= 15 is 0 Å². The van der Waals surface area contributed by atoms with Gasteiger partial charge in [-0.3, -0.25) is 4.90 Å². The highest BCUT2D eigenvalue weighted by Gasteiger charge is 2.32. The molecule has 1 saturated carbocycles. The van der Waals surface area contributed by atoms with Gasteiger partial charge in [0.2, 0.25) is 6.79 Å². The Bertz CT molecular complexity index is 781. The smallest absolute Gasteiger partial charge is 0.358 e. The van der Waals surface area contributed by atoms with Crippen LogP contribution in [-0.4, -0.2) is 34.0 Å². The van der Waals surface area contributed by atoms with Crippen molar-refractivity contribution < 1.29 is 23.9 Å². The van der Waals surface area contributed by atoms with E-state index in [1.807, 2.05) is 18.2 Å². The molecule has 0 bridgehead atoms. The second-order valence-electron chi connectivity index (χ2n) is 6.19. The average molecular weight is 330 g/mol. The highest BCUT2D eigenvalue weighted by atomic mass is 16.7. The minimum absolute atomic E-state index is 0.00355. The van der Waals surface area contributed by atoms with Crippen molar-refractivity contribution in [3.8, 4) is 11.5 Å². The van der Waals surface area contributed by atoms with Crippen molar-refractivity contribution in [1.82, 2.24) is 10.1 Å². The summed E-state index contributed by atoms with van der Waals surface area (Å²) in [4.78, 5) is 13.6. The third kappa shape index (κ3) is 2.82. The summed E-state index contributed by atoms with van der Waals surface area (Å²) >= 11 is 0. The molecule has 0 atom stereocenters. The number of benzene rings is 1. The van der Waals surface area contributed by atoms with Crippen LogP contribution in [0.3, 0.4) is 0 Å². The number of carboxylic acid groups (broad SMARTS) is 1. The normalized spacial score (nSPS) is 15.9. The number of hydrogen-bond donors (Lipinski definition) is 1. The van der Waals surface area contributed by atoms with Gasteiger partial charge >= 0.3 is 5.97 Å². The van der Waals surface area contributed by atoms with Crippen molar-refractivity contribution in [2.45, 2.75) is 38.9 Å². The van der Waals surface area contributed by atoms with Crippen molar-refractivity contribution >= 4 is 5.97 Å². The molecule has 24 heavy (non-hydrogen) atoms. The van der Waals surface area contributed by atoms with Crippen LogP contribution in [0.2, 0.25) is 0 Å². The molecule has 0 amide bonds. The van der Waals surface area contributed by atoms with E-state index in [2.05, 4.69) is 10.1 Å². The van der Waals surface area contributed by atoms with Crippen LogP contribution < -0.4 is 9.47 Å². The van der Waals surface area contributed by atoms with E-state index in [9.17, 15) is 9.90 Å². The van der Waals surface area contributed by atoms with E-state index in [-0.39, 0.29) is 12.5 Å². The van der Waals surface area contributed by atoms with E-state index in [0.717, 1.165) is 29.9 Å². The van der Waals surface area contributed by atoms with Crippen LogP contribution >= 0.6 is 0 Å². The number of aromatic nitrogens is 1. The van der Waals surface area contributed by atoms with Crippen molar-refractivity contribution in [1.29, 1.82) is 0 Å². The van der Waals surface area contributed by atoms with E-state index in [1.165, 1.54) is 0 Å². The second-order valence-corrected chi connectivity index (χ2v) is 6.19. The Kier molecular flexibility index (Phi) is 3.65. The molecule has 1 aliphatic carbocycles. The van der Waals surface area contributed by atoms with Crippen molar-refractivity contribution in [3.05, 3.63) is 40.8 Å². The van der Waals surface area contributed by atoms with Crippen molar-refractivity contribution in [2.24, 2.45) is 0 Å². The van der Waals surface area contributed by atoms with E-state index in [4.69, 9.17) is 14.0 Å². The Morgan fingerprint density at radius 3 is 2.83 bits per heavy atom. The zero-order chi connectivity index (χ0) is 16.7. The summed E-state index contributed by atoms with van der Waals surface area (Å²) < 4.78 is 15.8. The molecule has 1 aromatic carbocycles. The van der Waals surface area contributed by atoms with Crippen molar-refractivity contribution in [3.63, 3.8) is 0 Å². The zero-order valence-corrected chi connectivity index (χ0v) is 13.3. The number of nitrogens with zero attached hydrogens (tertiary/aromatic N) is 2. The minimum atomic E-state index is -1.05. The lowest BCUT2D eigenvalue weighted by Crippen LogP contribution is -2.26. The number of carbonyl (C=O) groups is 1. The molecule has 1 fully saturated rings. The molecule has 4 rings (SSSR count). The molecule has 0 unspecified atom stereocenters. The summed E-state index contributed by atoms with van der Waals surface area (Å²) in [6.45, 7) is 3.23. The summed E-state index contributed by atoms with van der Waals surface area (Å²) in [5.74, 6) is 1.03. The fourth-order valence-corrected chi connectivity index (χ4v) is 2.98. The van der Waals surface area contributed by atoms with Crippen LogP contribution in [0.5, 0.6) is 11.5 Å². The van der Waals surface area contributed by atoms with Crippen LogP contribution in [0, 0.1) is 6.92 Å². The molecule has 1 N–H and O–H groups in total. The van der Waals surface area contributed by atoms with Gasteiger partial charge in [0.1, 0.15) is 5.76 Å². The topological polar surface area (TPSA) is 85.0 Å². The molecular weight excluding hydrogens is 312 g/mol. The third-order valence-electron chi connectivity index (χ3n) is 4.43. The number of ether oxygens (including phenoxy) is 2. The maximum Gasteiger partial charge on any atom is 0.358 e. The first-order valence-electron chi connectivity index (χ1n) is 7.93. The molecule has 2 aliphatic rings. The first-order chi connectivity index (χ1) is 11.6.